The average Bonchev–Trinajstić information content (AvgIpc) is 2.21. The Kier molecular flexibility index (Phi) is 2.70. The van der Waals surface area contributed by atoms with Crippen LogP contribution >= 0.6 is 0 Å². The molecule has 4 atom stereocenters. The Morgan fingerprint density at radius 2 is 1.79 bits per heavy atom. The number of ether oxygens (including phenoxy) is 1. The van der Waals surface area contributed by atoms with Crippen molar-refractivity contribution < 1.29 is 34.8 Å². The molecule has 0 radical (unpaired) electrons. The van der Waals surface area contributed by atoms with Crippen molar-refractivity contribution >= 4 is 12.6 Å². The van der Waals surface area contributed by atoms with E-state index in [0.29, 0.717) is 0 Å². The van der Waals surface area contributed by atoms with E-state index in [1.807, 2.05) is 0 Å². The normalized spacial score (nSPS) is 48.6. The van der Waals surface area contributed by atoms with Crippen LogP contribution in [0.5, 0.6) is 0 Å². The molecule has 1 fully saturated rings. The third-order valence-electron chi connectivity index (χ3n) is 2.20. The fraction of sp³-hybridized carbons (Fsp3) is 0.714. The minimum absolute atomic E-state index is 0.212. The molecule has 0 saturated carbocycles. The molecule has 0 amide bonds. The number of aliphatic hydroxyl groups is 4. The van der Waals surface area contributed by atoms with Crippen molar-refractivity contribution in [2.45, 2.75) is 23.6 Å². The van der Waals surface area contributed by atoms with Gasteiger partial charge in [0.05, 0.1) is 6.61 Å². The van der Waals surface area contributed by atoms with Crippen LogP contribution < -0.4 is 0 Å². The minimum Gasteiger partial charge on any atom is -0.388 e. The maximum Gasteiger partial charge on any atom is 0.263 e. The summed E-state index contributed by atoms with van der Waals surface area (Å²) in [6.45, 7) is -0.563. The van der Waals surface area contributed by atoms with E-state index in [1.165, 1.54) is 0 Å². The van der Waals surface area contributed by atoms with Gasteiger partial charge in [-0.1, -0.05) is 0 Å². The van der Waals surface area contributed by atoms with E-state index in [1.54, 1.807) is 0 Å². The molecule has 1 unspecified atom stereocenters. The second-order valence-corrected chi connectivity index (χ2v) is 3.08. The smallest absolute Gasteiger partial charge is 0.263 e. The first-order valence-corrected chi connectivity index (χ1v) is 3.79. The largest absolute Gasteiger partial charge is 0.388 e. The topological polar surface area (TPSA) is 124 Å². The second-order valence-electron chi connectivity index (χ2n) is 3.08. The van der Waals surface area contributed by atoms with Gasteiger partial charge >= 0.3 is 0 Å². The summed E-state index contributed by atoms with van der Waals surface area (Å²) in [5.41, 5.74) is -2.85. The van der Waals surface area contributed by atoms with Gasteiger partial charge in [-0.3, -0.25) is 9.59 Å². The number of carbonyl (C=O) groups excluding carboxylic acids is 2. The van der Waals surface area contributed by atoms with Gasteiger partial charge in [-0.25, -0.2) is 0 Å². The Bertz CT molecular complexity index is 254. The highest BCUT2D eigenvalue weighted by Crippen LogP contribution is 2.30. The van der Waals surface area contributed by atoms with Gasteiger partial charge in [-0.2, -0.15) is 0 Å². The summed E-state index contributed by atoms with van der Waals surface area (Å²) in [4.78, 5) is 20.9. The van der Waals surface area contributed by atoms with E-state index in [2.05, 4.69) is 4.74 Å². The molecule has 0 aromatic heterocycles. The predicted molar refractivity (Wildman–Crippen MR) is 40.0 cm³/mol. The summed E-state index contributed by atoms with van der Waals surface area (Å²) in [6, 6.07) is 0. The molecule has 1 aliphatic heterocycles. The zero-order valence-electron chi connectivity index (χ0n) is 7.03. The molecular formula is C7H10O7. The summed E-state index contributed by atoms with van der Waals surface area (Å²) in [7, 11) is 0. The molecule has 1 aliphatic rings. The number of aldehydes is 2. The van der Waals surface area contributed by atoms with Gasteiger partial charge < -0.3 is 25.2 Å². The Morgan fingerprint density at radius 1 is 1.21 bits per heavy atom. The molecule has 1 heterocycles. The summed E-state index contributed by atoms with van der Waals surface area (Å²) < 4.78 is 4.40. The predicted octanol–water partition coefficient (Wildman–Crippen LogP) is -3.44. The third-order valence-corrected chi connectivity index (χ3v) is 2.20. The molecule has 14 heavy (non-hydrogen) atoms. The van der Waals surface area contributed by atoms with Gasteiger partial charge in [0.25, 0.3) is 5.79 Å². The van der Waals surface area contributed by atoms with E-state index in [0.717, 1.165) is 0 Å². The quantitative estimate of drug-likeness (QED) is 0.346. The van der Waals surface area contributed by atoms with E-state index >= 15 is 0 Å². The van der Waals surface area contributed by atoms with Gasteiger partial charge in [0.15, 0.2) is 12.6 Å². The number of aliphatic hydroxyl groups excluding tert-OH is 2. The van der Waals surface area contributed by atoms with E-state index < -0.39 is 30.2 Å². The lowest BCUT2D eigenvalue weighted by Crippen LogP contribution is -2.71. The third kappa shape index (κ3) is 1.26. The summed E-state index contributed by atoms with van der Waals surface area (Å²) in [5, 5.41) is 37.1. The van der Waals surface area contributed by atoms with Crippen molar-refractivity contribution in [3.8, 4) is 0 Å². The lowest BCUT2D eigenvalue weighted by molar-refractivity contribution is -0.325. The fourth-order valence-electron chi connectivity index (χ4n) is 1.21. The van der Waals surface area contributed by atoms with Gasteiger partial charge in [-0.05, 0) is 0 Å². The maximum atomic E-state index is 10.5. The molecule has 0 aliphatic carbocycles. The zero-order valence-corrected chi connectivity index (χ0v) is 7.03. The highest BCUT2D eigenvalue weighted by Gasteiger charge is 2.61. The molecule has 1 rings (SSSR count). The van der Waals surface area contributed by atoms with Crippen molar-refractivity contribution in [3.05, 3.63) is 0 Å². The van der Waals surface area contributed by atoms with E-state index in [-0.39, 0.29) is 12.6 Å². The Hall–Kier alpha value is -0.860. The maximum absolute atomic E-state index is 10.5. The standard InChI is InChI=1S/C7H10O7/c8-2-6(12)5(11)4(10)1-14-7(6,13)3-9/h2-5,10-13H,1H2/t4-,5+,6+,7?/m1/s1. The van der Waals surface area contributed by atoms with Crippen molar-refractivity contribution in [1.82, 2.24) is 0 Å². The molecule has 7 heteroatoms. The molecule has 0 aromatic rings. The first-order chi connectivity index (χ1) is 6.41. The van der Waals surface area contributed by atoms with Crippen molar-refractivity contribution in [1.29, 1.82) is 0 Å². The zero-order chi connectivity index (χ0) is 11.0. The summed E-state index contributed by atoms with van der Waals surface area (Å²) in [6.07, 6.45) is -3.99. The number of hydrogen-bond donors (Lipinski definition) is 4. The van der Waals surface area contributed by atoms with Crippen LogP contribution in [0.25, 0.3) is 0 Å². The first-order valence-electron chi connectivity index (χ1n) is 3.79. The van der Waals surface area contributed by atoms with Crippen LogP contribution in [0.1, 0.15) is 0 Å². The van der Waals surface area contributed by atoms with Crippen LogP contribution in [0, 0.1) is 0 Å². The van der Waals surface area contributed by atoms with Crippen molar-refractivity contribution in [2.75, 3.05) is 6.61 Å². The SMILES string of the molecule is O=CC1(O)OC[C@@H](O)[C@H](O)[C@@]1(O)C=O. The molecule has 0 aromatic carbocycles. The van der Waals surface area contributed by atoms with E-state index in [4.69, 9.17) is 5.11 Å². The molecule has 0 spiro atoms. The highest BCUT2D eigenvalue weighted by molar-refractivity contribution is 5.77. The van der Waals surface area contributed by atoms with Crippen LogP contribution in [-0.4, -0.2) is 63.2 Å². The van der Waals surface area contributed by atoms with Crippen molar-refractivity contribution in [3.63, 3.8) is 0 Å². The lowest BCUT2D eigenvalue weighted by atomic mass is 9.84. The Balaban J connectivity index is 3.12. The van der Waals surface area contributed by atoms with Crippen LogP contribution in [0.2, 0.25) is 0 Å². The van der Waals surface area contributed by atoms with Gasteiger partial charge in [0, 0.05) is 0 Å². The minimum atomic E-state index is -2.85. The number of hydrogen-bond acceptors (Lipinski definition) is 7. The molecule has 0 bridgehead atoms. The highest BCUT2D eigenvalue weighted by atomic mass is 16.7. The summed E-state index contributed by atoms with van der Waals surface area (Å²) in [5.74, 6) is -2.83. The molecule has 80 valence electrons. The van der Waals surface area contributed by atoms with Gasteiger partial charge in [-0.15, -0.1) is 0 Å². The van der Waals surface area contributed by atoms with Crippen LogP contribution in [0.15, 0.2) is 0 Å². The Labute approximate surface area is 78.5 Å². The first kappa shape index (κ1) is 11.2. The average molecular weight is 206 g/mol. The molecule has 7 nitrogen and oxygen atoms in total. The number of carbonyl (C=O) groups is 2. The van der Waals surface area contributed by atoms with Crippen LogP contribution in [-0.2, 0) is 14.3 Å². The van der Waals surface area contributed by atoms with Gasteiger partial charge in [0.2, 0.25) is 5.60 Å². The van der Waals surface area contributed by atoms with E-state index in [9.17, 15) is 24.9 Å². The monoisotopic (exact) mass is 206 g/mol. The summed E-state index contributed by atoms with van der Waals surface area (Å²) >= 11 is 0. The van der Waals surface area contributed by atoms with Crippen LogP contribution in [0.3, 0.4) is 0 Å². The molecule has 4 N–H and O–H groups in total. The fourth-order valence-corrected chi connectivity index (χ4v) is 1.21. The molecular weight excluding hydrogens is 196 g/mol. The number of rotatable bonds is 2. The van der Waals surface area contributed by atoms with Crippen LogP contribution in [0.4, 0.5) is 0 Å². The second kappa shape index (κ2) is 3.37. The Morgan fingerprint density at radius 3 is 2.21 bits per heavy atom. The van der Waals surface area contributed by atoms with Crippen molar-refractivity contribution in [2.24, 2.45) is 0 Å². The van der Waals surface area contributed by atoms with Gasteiger partial charge in [0.1, 0.15) is 12.2 Å². The molecule has 1 saturated heterocycles. The lowest BCUT2D eigenvalue weighted by Gasteiger charge is -2.44.